The van der Waals surface area contributed by atoms with E-state index in [9.17, 15) is 24.0 Å². The normalized spacial score (nSPS) is 12.8. The molecule has 1 aromatic carbocycles. The highest BCUT2D eigenvalue weighted by atomic mass is 16.2. The molecule has 10 nitrogen and oxygen atoms in total. The summed E-state index contributed by atoms with van der Waals surface area (Å²) in [5.41, 5.74) is 0.555. The van der Waals surface area contributed by atoms with E-state index in [4.69, 9.17) is 0 Å². The van der Waals surface area contributed by atoms with E-state index in [1.54, 1.807) is 24.3 Å². The Morgan fingerprint density at radius 2 is 1.45 bits per heavy atom. The van der Waals surface area contributed by atoms with Crippen LogP contribution < -0.4 is 21.3 Å². The highest BCUT2D eigenvalue weighted by Gasteiger charge is 2.19. The van der Waals surface area contributed by atoms with Gasteiger partial charge in [-0.1, -0.05) is 59.2 Å². The Balaban J connectivity index is 0. The van der Waals surface area contributed by atoms with Gasteiger partial charge in [-0.05, 0) is 70.8 Å². The SMILES string of the molecule is CC(C)C.CC(C)NC(=O)CNC(=O)c1ccccc1.CCC.CN1CCC(CNC(=O)C(=O)CNC=O)CC1. The van der Waals surface area contributed by atoms with Gasteiger partial charge in [0.2, 0.25) is 18.1 Å². The zero-order chi connectivity index (χ0) is 30.9. The summed E-state index contributed by atoms with van der Waals surface area (Å²) in [7, 11) is 2.07. The van der Waals surface area contributed by atoms with E-state index in [-0.39, 0.29) is 30.9 Å². The van der Waals surface area contributed by atoms with Crippen LogP contribution in [0.15, 0.2) is 30.3 Å². The Morgan fingerprint density at radius 3 is 1.93 bits per heavy atom. The van der Waals surface area contributed by atoms with Gasteiger partial charge < -0.3 is 26.2 Å². The molecule has 1 aliphatic rings. The number of amides is 4. The van der Waals surface area contributed by atoms with Crippen LogP contribution in [0.25, 0.3) is 0 Å². The molecule has 0 unspecified atom stereocenters. The topological polar surface area (TPSA) is 137 Å². The first-order valence-corrected chi connectivity index (χ1v) is 14.2. The Kier molecular flexibility index (Phi) is 24.1. The maximum absolute atomic E-state index is 11.5. The lowest BCUT2D eigenvalue weighted by Crippen LogP contribution is -2.41. The molecule has 0 aromatic heterocycles. The quantitative estimate of drug-likeness (QED) is 0.255. The highest BCUT2D eigenvalue weighted by Crippen LogP contribution is 2.14. The van der Waals surface area contributed by atoms with Crippen LogP contribution >= 0.6 is 0 Å². The van der Waals surface area contributed by atoms with E-state index in [0.29, 0.717) is 24.4 Å². The van der Waals surface area contributed by atoms with Crippen molar-refractivity contribution in [3.8, 4) is 0 Å². The Morgan fingerprint density at radius 1 is 0.925 bits per heavy atom. The lowest BCUT2D eigenvalue weighted by atomic mass is 9.97. The van der Waals surface area contributed by atoms with E-state index in [1.807, 2.05) is 19.9 Å². The molecule has 0 bridgehead atoms. The number of carbonyl (C=O) groups is 5. The first-order valence-electron chi connectivity index (χ1n) is 14.2. The van der Waals surface area contributed by atoms with Crippen molar-refractivity contribution in [1.29, 1.82) is 0 Å². The number of carbonyl (C=O) groups excluding carboxylic acids is 5. The summed E-state index contributed by atoms with van der Waals surface area (Å²) in [5, 5.41) is 10.0. The highest BCUT2D eigenvalue weighted by molar-refractivity contribution is 6.37. The number of hydrogen-bond acceptors (Lipinski definition) is 6. The predicted molar refractivity (Wildman–Crippen MR) is 161 cm³/mol. The van der Waals surface area contributed by atoms with Crippen LogP contribution in [0.2, 0.25) is 0 Å². The van der Waals surface area contributed by atoms with Gasteiger partial charge in [-0.3, -0.25) is 24.0 Å². The molecule has 0 aliphatic carbocycles. The standard InChI is InChI=1S/C12H16N2O2.C11H19N3O3.C4H10.C3H8/c1-9(2)14-11(15)8-13-12(16)10-6-4-3-5-7-10;1-14-4-2-9(3-5-14)6-13-11(17)10(16)7-12-8-15;1-4(2)3;1-3-2/h3-7,9H,8H2,1-2H3,(H,13,16)(H,14,15);8-9H,2-7H2,1H3,(H,12,15)(H,13,17);4H,1-3H3;3H2,1-2H3. The summed E-state index contributed by atoms with van der Waals surface area (Å²) in [6, 6.07) is 8.89. The molecule has 0 spiro atoms. The molecule has 1 saturated heterocycles. The van der Waals surface area contributed by atoms with Gasteiger partial charge in [0.05, 0.1) is 13.1 Å². The molecule has 40 heavy (non-hydrogen) atoms. The lowest BCUT2D eigenvalue weighted by molar-refractivity contribution is -0.137. The Hall–Kier alpha value is -3.27. The van der Waals surface area contributed by atoms with Crippen molar-refractivity contribution in [3.63, 3.8) is 0 Å². The van der Waals surface area contributed by atoms with Gasteiger partial charge in [-0.2, -0.15) is 0 Å². The largest absolute Gasteiger partial charge is 0.352 e. The summed E-state index contributed by atoms with van der Waals surface area (Å²) >= 11 is 0. The smallest absolute Gasteiger partial charge is 0.289 e. The fourth-order valence-corrected chi connectivity index (χ4v) is 3.04. The van der Waals surface area contributed by atoms with E-state index >= 15 is 0 Å². The first kappa shape index (κ1) is 38.9. The monoisotopic (exact) mass is 563 g/mol. The van der Waals surface area contributed by atoms with E-state index in [2.05, 4.69) is 67.8 Å². The third-order valence-electron chi connectivity index (χ3n) is 4.88. The summed E-state index contributed by atoms with van der Waals surface area (Å²) in [6.45, 7) is 16.9. The van der Waals surface area contributed by atoms with Gasteiger partial charge in [0.1, 0.15) is 0 Å². The molecule has 1 fully saturated rings. The van der Waals surface area contributed by atoms with Gasteiger partial charge in [0, 0.05) is 18.2 Å². The van der Waals surface area contributed by atoms with Gasteiger partial charge >= 0.3 is 0 Å². The molecule has 4 amide bonds. The zero-order valence-corrected chi connectivity index (χ0v) is 25.8. The molecule has 10 heteroatoms. The minimum Gasteiger partial charge on any atom is -0.352 e. The second kappa shape index (κ2) is 24.7. The molecule has 228 valence electrons. The van der Waals surface area contributed by atoms with Crippen molar-refractivity contribution in [2.75, 3.05) is 39.8 Å². The third-order valence-corrected chi connectivity index (χ3v) is 4.88. The first-order chi connectivity index (χ1) is 18.9. The number of Topliss-reactive ketones (excluding diaryl/α,β-unsaturated/α-hetero) is 1. The minimum atomic E-state index is -0.613. The Labute approximate surface area is 241 Å². The average molecular weight is 564 g/mol. The Bertz CT molecular complexity index is 835. The van der Waals surface area contributed by atoms with Gasteiger partial charge in [-0.15, -0.1) is 0 Å². The second-order valence-electron chi connectivity index (χ2n) is 10.6. The third kappa shape index (κ3) is 23.8. The van der Waals surface area contributed by atoms with Crippen molar-refractivity contribution in [2.24, 2.45) is 11.8 Å². The maximum Gasteiger partial charge on any atom is 0.289 e. The van der Waals surface area contributed by atoms with Crippen molar-refractivity contribution in [3.05, 3.63) is 35.9 Å². The second-order valence-corrected chi connectivity index (χ2v) is 10.6. The molecule has 0 saturated carbocycles. The number of nitrogens with one attached hydrogen (secondary N) is 4. The van der Waals surface area contributed by atoms with Gasteiger partial charge in [0.25, 0.3) is 11.8 Å². The van der Waals surface area contributed by atoms with Crippen LogP contribution in [-0.4, -0.2) is 80.6 Å². The van der Waals surface area contributed by atoms with Crippen LogP contribution in [-0.2, 0) is 19.2 Å². The van der Waals surface area contributed by atoms with Gasteiger partial charge in [0.15, 0.2) is 0 Å². The van der Waals surface area contributed by atoms with Crippen molar-refractivity contribution in [1.82, 2.24) is 26.2 Å². The number of likely N-dealkylation sites (tertiary alicyclic amines) is 1. The molecule has 1 aromatic rings. The average Bonchev–Trinajstić information content (AvgIpc) is 2.90. The number of benzene rings is 1. The van der Waals surface area contributed by atoms with Gasteiger partial charge in [-0.25, -0.2) is 0 Å². The lowest BCUT2D eigenvalue weighted by Gasteiger charge is -2.28. The molecule has 2 rings (SSSR count). The number of piperidine rings is 1. The molecular weight excluding hydrogens is 510 g/mol. The van der Waals surface area contributed by atoms with Crippen LogP contribution in [0.4, 0.5) is 0 Å². The summed E-state index contributed by atoms with van der Waals surface area (Å²) < 4.78 is 0. The molecular formula is C30H53N5O5. The predicted octanol–water partition coefficient (Wildman–Crippen LogP) is 2.78. The molecule has 1 aliphatic heterocycles. The number of ketones is 1. The fourth-order valence-electron chi connectivity index (χ4n) is 3.04. The van der Waals surface area contributed by atoms with E-state index < -0.39 is 11.7 Å². The zero-order valence-electron chi connectivity index (χ0n) is 25.8. The maximum atomic E-state index is 11.5. The minimum absolute atomic E-state index is 0.00586. The molecule has 0 radical (unpaired) electrons. The van der Waals surface area contributed by atoms with E-state index in [0.717, 1.165) is 31.8 Å². The summed E-state index contributed by atoms with van der Waals surface area (Å²) in [6.07, 6.45) is 3.73. The fraction of sp³-hybridized carbons (Fsp3) is 0.633. The van der Waals surface area contributed by atoms with E-state index in [1.165, 1.54) is 6.42 Å². The van der Waals surface area contributed by atoms with Crippen LogP contribution in [0.5, 0.6) is 0 Å². The van der Waals surface area contributed by atoms with Crippen LogP contribution in [0.3, 0.4) is 0 Å². The van der Waals surface area contributed by atoms with Crippen LogP contribution in [0.1, 0.15) is 78.1 Å². The van der Waals surface area contributed by atoms with Crippen molar-refractivity contribution in [2.45, 2.75) is 73.8 Å². The molecule has 0 atom stereocenters. The number of hydrogen-bond donors (Lipinski definition) is 4. The van der Waals surface area contributed by atoms with Crippen molar-refractivity contribution < 1.29 is 24.0 Å². The summed E-state index contributed by atoms with van der Waals surface area (Å²) in [4.78, 5) is 57.5. The number of rotatable bonds is 10. The van der Waals surface area contributed by atoms with Crippen LogP contribution in [0, 0.1) is 11.8 Å². The molecule has 1 heterocycles. The summed E-state index contributed by atoms with van der Waals surface area (Å²) in [5.74, 6) is -0.357. The number of nitrogens with zero attached hydrogens (tertiary/aromatic N) is 1. The van der Waals surface area contributed by atoms with Crippen molar-refractivity contribution >= 4 is 29.9 Å². The molecule has 4 N–H and O–H groups in total.